The van der Waals surface area contributed by atoms with Crippen LogP contribution in [-0.2, 0) is 9.53 Å². The predicted molar refractivity (Wildman–Crippen MR) is 64.3 cm³/mol. The van der Waals surface area contributed by atoms with Crippen molar-refractivity contribution < 1.29 is 19.0 Å². The van der Waals surface area contributed by atoms with Crippen LogP contribution in [0, 0.1) is 0 Å². The van der Waals surface area contributed by atoms with Crippen molar-refractivity contribution in [2.45, 2.75) is 19.1 Å². The maximum Gasteiger partial charge on any atom is 0.342 e. The summed E-state index contributed by atoms with van der Waals surface area (Å²) < 4.78 is 18.8. The molecule has 1 aromatic rings. The van der Waals surface area contributed by atoms with E-state index in [0.29, 0.717) is 4.47 Å². The predicted octanol–water partition coefficient (Wildman–Crippen LogP) is 2.06. The Morgan fingerprint density at radius 2 is 2.29 bits per heavy atom. The van der Waals surface area contributed by atoms with E-state index in [2.05, 4.69) is 20.7 Å². The second-order valence-corrected chi connectivity index (χ2v) is 4.30. The van der Waals surface area contributed by atoms with E-state index in [9.17, 15) is 14.3 Å². The SMILES string of the molecule is CCOC(=O)C(F)[C@@H](N)c1cc(Br)ccc1O. The molecule has 0 saturated heterocycles. The van der Waals surface area contributed by atoms with Gasteiger partial charge in [0.05, 0.1) is 12.6 Å². The lowest BCUT2D eigenvalue weighted by Gasteiger charge is -2.17. The van der Waals surface area contributed by atoms with Gasteiger partial charge in [0.15, 0.2) is 0 Å². The van der Waals surface area contributed by atoms with Gasteiger partial charge in [0, 0.05) is 10.0 Å². The Labute approximate surface area is 107 Å². The summed E-state index contributed by atoms with van der Waals surface area (Å²) in [4.78, 5) is 11.2. The zero-order valence-corrected chi connectivity index (χ0v) is 10.8. The zero-order valence-electron chi connectivity index (χ0n) is 9.19. The van der Waals surface area contributed by atoms with Gasteiger partial charge in [0.25, 0.3) is 0 Å². The minimum absolute atomic E-state index is 0.0798. The molecule has 0 heterocycles. The van der Waals surface area contributed by atoms with Crippen molar-refractivity contribution >= 4 is 21.9 Å². The molecule has 0 fully saturated rings. The number of alkyl halides is 1. The summed E-state index contributed by atoms with van der Waals surface area (Å²) in [6, 6.07) is 3.16. The van der Waals surface area contributed by atoms with Gasteiger partial charge in [-0.05, 0) is 25.1 Å². The van der Waals surface area contributed by atoms with Crippen molar-refractivity contribution in [3.8, 4) is 5.75 Å². The first kappa shape index (κ1) is 13.9. The van der Waals surface area contributed by atoms with Crippen molar-refractivity contribution in [1.82, 2.24) is 0 Å². The second-order valence-electron chi connectivity index (χ2n) is 3.38. The number of nitrogens with two attached hydrogens (primary N) is 1. The first-order chi connectivity index (χ1) is 7.97. The molecule has 0 aliphatic carbocycles. The fourth-order valence-electron chi connectivity index (χ4n) is 1.32. The number of halogens is 2. The van der Waals surface area contributed by atoms with E-state index in [1.807, 2.05) is 0 Å². The molecule has 2 atom stereocenters. The summed E-state index contributed by atoms with van der Waals surface area (Å²) in [5.41, 5.74) is 5.74. The third-order valence-electron chi connectivity index (χ3n) is 2.18. The van der Waals surface area contributed by atoms with Gasteiger partial charge in [-0.1, -0.05) is 15.9 Å². The molecule has 1 aromatic carbocycles. The van der Waals surface area contributed by atoms with Gasteiger partial charge < -0.3 is 15.6 Å². The van der Waals surface area contributed by atoms with Crippen LogP contribution in [0.5, 0.6) is 5.75 Å². The maximum absolute atomic E-state index is 13.6. The number of carbonyl (C=O) groups excluding carboxylic acids is 1. The van der Waals surface area contributed by atoms with Crippen molar-refractivity contribution in [3.63, 3.8) is 0 Å². The average Bonchev–Trinajstić information content (AvgIpc) is 2.30. The van der Waals surface area contributed by atoms with Crippen LogP contribution < -0.4 is 5.73 Å². The minimum Gasteiger partial charge on any atom is -0.508 e. The molecule has 0 aliphatic rings. The van der Waals surface area contributed by atoms with Crippen molar-refractivity contribution in [2.24, 2.45) is 5.73 Å². The number of esters is 1. The van der Waals surface area contributed by atoms with Crippen molar-refractivity contribution in [2.75, 3.05) is 6.61 Å². The smallest absolute Gasteiger partial charge is 0.342 e. The fourth-order valence-corrected chi connectivity index (χ4v) is 1.70. The average molecular weight is 306 g/mol. The Bertz CT molecular complexity index is 414. The molecule has 6 heteroatoms. The maximum atomic E-state index is 13.6. The molecule has 1 unspecified atom stereocenters. The highest BCUT2D eigenvalue weighted by Crippen LogP contribution is 2.29. The zero-order chi connectivity index (χ0) is 13.0. The summed E-state index contributed by atoms with van der Waals surface area (Å²) >= 11 is 3.18. The summed E-state index contributed by atoms with van der Waals surface area (Å²) in [7, 11) is 0. The van der Waals surface area contributed by atoms with Crippen LogP contribution in [0.25, 0.3) is 0 Å². The Morgan fingerprint density at radius 1 is 1.65 bits per heavy atom. The third-order valence-corrected chi connectivity index (χ3v) is 2.67. The Kier molecular flexibility index (Phi) is 4.89. The molecule has 0 aliphatic heterocycles. The number of hydrogen-bond acceptors (Lipinski definition) is 4. The monoisotopic (exact) mass is 305 g/mol. The normalized spacial score (nSPS) is 14.1. The molecular formula is C11H13BrFNO3. The highest BCUT2D eigenvalue weighted by Gasteiger charge is 2.29. The summed E-state index contributed by atoms with van der Waals surface area (Å²) in [6.07, 6.45) is -2.00. The quantitative estimate of drug-likeness (QED) is 0.835. The highest BCUT2D eigenvalue weighted by atomic mass is 79.9. The standard InChI is InChI=1S/C11H13BrFNO3/c1-2-17-11(16)9(13)10(14)7-5-6(12)3-4-8(7)15/h3-5,9-10,15H,2,14H2,1H3/t9?,10-/m0/s1. The molecule has 0 saturated carbocycles. The Balaban J connectivity index is 2.91. The lowest BCUT2D eigenvalue weighted by Crippen LogP contribution is -2.31. The van der Waals surface area contributed by atoms with E-state index >= 15 is 0 Å². The van der Waals surface area contributed by atoms with Crippen LogP contribution in [0.1, 0.15) is 18.5 Å². The van der Waals surface area contributed by atoms with Crippen LogP contribution in [0.3, 0.4) is 0 Å². The number of benzene rings is 1. The van der Waals surface area contributed by atoms with Crippen LogP contribution in [-0.4, -0.2) is 23.9 Å². The van der Waals surface area contributed by atoms with Gasteiger partial charge in [0.2, 0.25) is 6.17 Å². The molecule has 4 nitrogen and oxygen atoms in total. The molecule has 1 rings (SSSR count). The van der Waals surface area contributed by atoms with E-state index < -0.39 is 18.2 Å². The van der Waals surface area contributed by atoms with E-state index in [4.69, 9.17) is 5.73 Å². The van der Waals surface area contributed by atoms with Gasteiger partial charge >= 0.3 is 5.97 Å². The molecular weight excluding hydrogens is 293 g/mol. The van der Waals surface area contributed by atoms with Crippen molar-refractivity contribution in [1.29, 1.82) is 0 Å². The van der Waals surface area contributed by atoms with Gasteiger partial charge in [-0.2, -0.15) is 0 Å². The Hall–Kier alpha value is -1.14. The lowest BCUT2D eigenvalue weighted by molar-refractivity contribution is -0.149. The van der Waals surface area contributed by atoms with Gasteiger partial charge in [-0.15, -0.1) is 0 Å². The number of rotatable bonds is 4. The first-order valence-corrected chi connectivity index (χ1v) is 5.81. The number of carbonyl (C=O) groups is 1. The third kappa shape index (κ3) is 3.41. The van der Waals surface area contributed by atoms with Crippen LogP contribution in [0.4, 0.5) is 4.39 Å². The highest BCUT2D eigenvalue weighted by molar-refractivity contribution is 9.10. The molecule has 0 aromatic heterocycles. The fraction of sp³-hybridized carbons (Fsp3) is 0.364. The summed E-state index contributed by atoms with van der Waals surface area (Å²) in [5.74, 6) is -1.19. The van der Waals surface area contributed by atoms with E-state index in [-0.39, 0.29) is 17.9 Å². The minimum atomic E-state index is -2.00. The summed E-state index contributed by atoms with van der Waals surface area (Å²) in [6.45, 7) is 1.66. The number of hydrogen-bond donors (Lipinski definition) is 2. The summed E-state index contributed by atoms with van der Waals surface area (Å²) in [5, 5.41) is 9.55. The van der Waals surface area contributed by atoms with E-state index in [0.717, 1.165) is 0 Å². The molecule has 3 N–H and O–H groups in total. The lowest BCUT2D eigenvalue weighted by atomic mass is 10.0. The van der Waals surface area contributed by atoms with Gasteiger partial charge in [0.1, 0.15) is 5.75 Å². The van der Waals surface area contributed by atoms with Crippen LogP contribution in [0.2, 0.25) is 0 Å². The molecule has 0 radical (unpaired) electrons. The molecule has 0 spiro atoms. The van der Waals surface area contributed by atoms with Gasteiger partial charge in [-0.3, -0.25) is 0 Å². The molecule has 0 bridgehead atoms. The largest absolute Gasteiger partial charge is 0.508 e. The second kappa shape index (κ2) is 5.97. The molecule has 94 valence electrons. The number of phenolic OH excluding ortho intramolecular Hbond substituents is 1. The number of phenols is 1. The van der Waals surface area contributed by atoms with E-state index in [1.54, 1.807) is 13.0 Å². The van der Waals surface area contributed by atoms with E-state index in [1.165, 1.54) is 12.1 Å². The topological polar surface area (TPSA) is 72.5 Å². The molecule has 0 amide bonds. The van der Waals surface area contributed by atoms with Crippen LogP contribution in [0.15, 0.2) is 22.7 Å². The van der Waals surface area contributed by atoms with Crippen molar-refractivity contribution in [3.05, 3.63) is 28.2 Å². The van der Waals surface area contributed by atoms with Gasteiger partial charge in [-0.25, -0.2) is 9.18 Å². The number of ether oxygens (including phenoxy) is 1. The number of aromatic hydroxyl groups is 1. The Morgan fingerprint density at radius 3 is 2.88 bits per heavy atom. The van der Waals surface area contributed by atoms with Crippen LogP contribution >= 0.6 is 15.9 Å². The first-order valence-electron chi connectivity index (χ1n) is 5.02. The molecule has 17 heavy (non-hydrogen) atoms.